The van der Waals surface area contributed by atoms with Crippen molar-refractivity contribution in [2.45, 2.75) is 128 Å². The first-order valence-corrected chi connectivity index (χ1v) is 20.9. The number of hydrogen-bond acceptors (Lipinski definition) is 5. The van der Waals surface area contributed by atoms with Crippen LogP contribution in [0.3, 0.4) is 0 Å². The lowest BCUT2D eigenvalue weighted by molar-refractivity contribution is -0.229. The second-order valence-electron chi connectivity index (χ2n) is 15.1. The largest absolute Gasteiger partial charge is 0.469 e. The minimum absolute atomic E-state index is 0.111. The Kier molecular flexibility index (Phi) is 15.4. The molecule has 2 unspecified atom stereocenters. The number of hydrogen-bond donors (Lipinski definition) is 0. The molecule has 0 bridgehead atoms. The van der Waals surface area contributed by atoms with Gasteiger partial charge in [0, 0.05) is 18.9 Å². The third-order valence-corrected chi connectivity index (χ3v) is 15.5. The molecule has 2 aliphatic rings. The van der Waals surface area contributed by atoms with Crippen LogP contribution >= 0.6 is 0 Å². The molecule has 4 rings (SSSR count). The fourth-order valence-electron chi connectivity index (χ4n) is 7.62. The lowest BCUT2D eigenvalue weighted by Gasteiger charge is -2.45. The first kappa shape index (κ1) is 40.9. The number of ether oxygens (including phenoxy) is 3. The fraction of sp³-hybridized carbons (Fsp3) is 0.558. The number of halogens is 2. The van der Waals surface area contributed by atoms with Gasteiger partial charge < -0.3 is 18.6 Å². The second kappa shape index (κ2) is 19.2. The van der Waals surface area contributed by atoms with E-state index in [0.29, 0.717) is 45.1 Å². The zero-order chi connectivity index (χ0) is 36.9. The van der Waals surface area contributed by atoms with Gasteiger partial charge in [0.1, 0.15) is 6.10 Å². The van der Waals surface area contributed by atoms with E-state index in [0.717, 1.165) is 37.3 Å². The van der Waals surface area contributed by atoms with Crippen LogP contribution in [0.25, 0.3) is 0 Å². The van der Waals surface area contributed by atoms with Crippen LogP contribution in [0.5, 0.6) is 0 Å². The van der Waals surface area contributed by atoms with E-state index >= 15 is 8.78 Å². The molecule has 0 spiro atoms. The van der Waals surface area contributed by atoms with E-state index < -0.39 is 26.6 Å². The molecule has 1 aliphatic carbocycles. The number of carbonyl (C=O) groups is 1. The van der Waals surface area contributed by atoms with E-state index in [1.165, 1.54) is 17.5 Å². The molecule has 5 atom stereocenters. The van der Waals surface area contributed by atoms with Crippen LogP contribution in [-0.4, -0.2) is 52.4 Å². The molecule has 0 radical (unpaired) electrons. The summed E-state index contributed by atoms with van der Waals surface area (Å²) in [7, 11) is -1.53. The summed E-state index contributed by atoms with van der Waals surface area (Å²) in [4.78, 5) is 11.6. The van der Waals surface area contributed by atoms with E-state index in [-0.39, 0.29) is 35.4 Å². The summed E-state index contributed by atoms with van der Waals surface area (Å²) in [5.74, 6) is -3.82. The van der Waals surface area contributed by atoms with Crippen molar-refractivity contribution in [1.82, 2.24) is 0 Å². The van der Waals surface area contributed by atoms with E-state index in [9.17, 15) is 4.79 Å². The number of alkyl halides is 2. The van der Waals surface area contributed by atoms with Gasteiger partial charge in [0.05, 0.1) is 13.2 Å². The fourth-order valence-corrected chi connectivity index (χ4v) is 12.4. The summed E-state index contributed by atoms with van der Waals surface area (Å²) in [6.45, 7) is 13.8. The first-order valence-electron chi connectivity index (χ1n) is 19.0. The van der Waals surface area contributed by atoms with Gasteiger partial charge in [-0.3, -0.25) is 4.79 Å². The molecular weight excluding hydrogens is 663 g/mol. The molecular formula is C43H60F2O5Si. The molecule has 0 N–H and O–H groups in total. The Morgan fingerprint density at radius 3 is 2.25 bits per heavy atom. The number of benzene rings is 2. The summed E-state index contributed by atoms with van der Waals surface area (Å²) in [5, 5.41) is 2.12. The molecule has 1 heterocycles. The van der Waals surface area contributed by atoms with Gasteiger partial charge in [-0.25, -0.2) is 0 Å². The van der Waals surface area contributed by atoms with Crippen LogP contribution in [0.2, 0.25) is 5.04 Å². The van der Waals surface area contributed by atoms with Gasteiger partial charge in [0.25, 0.3) is 14.2 Å². The maximum absolute atomic E-state index is 16.2. The zero-order valence-electron chi connectivity index (χ0n) is 31.5. The van der Waals surface area contributed by atoms with Crippen LogP contribution in [0, 0.1) is 11.8 Å². The Labute approximate surface area is 306 Å². The Morgan fingerprint density at radius 2 is 1.69 bits per heavy atom. The van der Waals surface area contributed by atoms with Crippen molar-refractivity contribution in [1.29, 1.82) is 0 Å². The quantitative estimate of drug-likeness (QED) is 0.0664. The van der Waals surface area contributed by atoms with Gasteiger partial charge in [0.2, 0.25) is 0 Å². The Morgan fingerprint density at radius 1 is 1.02 bits per heavy atom. The predicted molar refractivity (Wildman–Crippen MR) is 205 cm³/mol. The number of esters is 1. The van der Waals surface area contributed by atoms with Gasteiger partial charge >= 0.3 is 5.97 Å². The van der Waals surface area contributed by atoms with E-state index in [2.05, 4.69) is 88.0 Å². The van der Waals surface area contributed by atoms with Crippen molar-refractivity contribution in [3.05, 3.63) is 97.1 Å². The van der Waals surface area contributed by atoms with Gasteiger partial charge in [0.15, 0.2) is 6.29 Å². The molecule has 2 fully saturated rings. The highest BCUT2D eigenvalue weighted by atomic mass is 28.4. The second-order valence-corrected chi connectivity index (χ2v) is 19.4. The average molecular weight is 723 g/mol. The summed E-state index contributed by atoms with van der Waals surface area (Å²) >= 11 is 0. The van der Waals surface area contributed by atoms with Gasteiger partial charge in [-0.2, -0.15) is 8.78 Å². The van der Waals surface area contributed by atoms with Crippen molar-refractivity contribution < 1.29 is 32.2 Å². The molecule has 0 aromatic heterocycles. The maximum atomic E-state index is 16.2. The average Bonchev–Trinajstić information content (AvgIpc) is 3.42. The van der Waals surface area contributed by atoms with Crippen molar-refractivity contribution in [3.63, 3.8) is 0 Å². The normalized spacial score (nSPS) is 22.5. The summed E-state index contributed by atoms with van der Waals surface area (Å²) in [5.41, 5.74) is 0.899. The molecule has 1 aliphatic heterocycles. The molecule has 51 heavy (non-hydrogen) atoms. The molecule has 280 valence electrons. The van der Waals surface area contributed by atoms with Gasteiger partial charge in [-0.1, -0.05) is 132 Å². The molecule has 2 aromatic carbocycles. The van der Waals surface area contributed by atoms with Crippen LogP contribution in [0.4, 0.5) is 8.78 Å². The number of carbonyl (C=O) groups excluding carboxylic acids is 1. The Hall–Kier alpha value is -2.91. The van der Waals surface area contributed by atoms with Crippen LogP contribution < -0.4 is 10.4 Å². The van der Waals surface area contributed by atoms with Crippen molar-refractivity contribution in [2.75, 3.05) is 13.7 Å². The zero-order valence-corrected chi connectivity index (χ0v) is 32.5. The molecule has 2 aromatic rings. The van der Waals surface area contributed by atoms with Gasteiger partial charge in [-0.05, 0) is 78.8 Å². The SMILES string of the molecule is C=C1C[C@H](O[Si](c2ccccc2)(c2ccccc2)C(C)(C)C)[C@H](C/C=C\CCCC(=O)OC)[C@H]1/C=C/C(F)(F)C(CCCC)OC1CCCCO1. The summed E-state index contributed by atoms with van der Waals surface area (Å²) in [6, 6.07) is 21.0. The van der Waals surface area contributed by atoms with Gasteiger partial charge in [-0.15, -0.1) is 0 Å². The summed E-state index contributed by atoms with van der Waals surface area (Å²) in [6.07, 6.45) is 12.0. The lowest BCUT2D eigenvalue weighted by atomic mass is 9.88. The van der Waals surface area contributed by atoms with E-state index in [4.69, 9.17) is 18.6 Å². The lowest BCUT2D eigenvalue weighted by Crippen LogP contribution is -2.68. The third-order valence-electron chi connectivity index (χ3n) is 10.4. The Bertz CT molecular complexity index is 1380. The molecule has 0 amide bonds. The summed E-state index contributed by atoms with van der Waals surface area (Å²) < 4.78 is 56.4. The standard InChI is InChI=1S/C43H60F2O5Si/c1-7-8-26-39(49-41-28-19-20-31-48-41)43(44,45)30-29-36-33(2)32-38(37(36)25-17-9-10-18-27-40(46)47-6)50-51(42(3,4)5,34-21-13-11-14-22-34)35-23-15-12-16-24-35/h9,11-17,21-24,29-30,36-39,41H,2,7-8,10,18-20,25-28,31-32H2,1,3-6H3/b17-9-,30-29+/t36-,37+,38-,39?,41?/m0/s1. The molecule has 1 saturated heterocycles. The van der Waals surface area contributed by atoms with Crippen LogP contribution in [0.1, 0.15) is 98.3 Å². The third kappa shape index (κ3) is 10.8. The number of unbranched alkanes of at least 4 members (excludes halogenated alkanes) is 2. The highest BCUT2D eigenvalue weighted by molar-refractivity contribution is 6.99. The molecule has 1 saturated carbocycles. The van der Waals surface area contributed by atoms with Crippen LogP contribution in [0.15, 0.2) is 97.1 Å². The first-order chi connectivity index (χ1) is 24.4. The van der Waals surface area contributed by atoms with Crippen molar-refractivity contribution in [3.8, 4) is 0 Å². The van der Waals surface area contributed by atoms with Crippen molar-refractivity contribution in [2.24, 2.45) is 11.8 Å². The van der Waals surface area contributed by atoms with E-state index in [1.54, 1.807) is 6.08 Å². The smallest absolute Gasteiger partial charge is 0.305 e. The number of rotatable bonds is 18. The predicted octanol–water partition coefficient (Wildman–Crippen LogP) is 9.71. The maximum Gasteiger partial charge on any atom is 0.305 e. The molecule has 8 heteroatoms. The highest BCUT2D eigenvalue weighted by Crippen LogP contribution is 2.46. The minimum Gasteiger partial charge on any atom is -0.469 e. The minimum atomic E-state index is -3.18. The number of allylic oxidation sites excluding steroid dienone is 3. The Balaban J connectivity index is 1.68. The number of methoxy groups -OCH3 is 1. The van der Waals surface area contributed by atoms with Crippen LogP contribution in [-0.2, 0) is 23.4 Å². The van der Waals surface area contributed by atoms with Crippen molar-refractivity contribution >= 4 is 24.7 Å². The van der Waals surface area contributed by atoms with E-state index in [1.807, 2.05) is 19.1 Å². The topological polar surface area (TPSA) is 54.0 Å². The highest BCUT2D eigenvalue weighted by Gasteiger charge is 2.54. The monoisotopic (exact) mass is 722 g/mol. The molecule has 5 nitrogen and oxygen atoms in total.